The second-order valence-corrected chi connectivity index (χ2v) is 5.74. The minimum absolute atomic E-state index is 0.187. The molecule has 0 aliphatic rings. The topological polar surface area (TPSA) is 18.5 Å². The highest BCUT2D eigenvalue weighted by atomic mass is 35.5. The maximum absolute atomic E-state index is 12.1. The smallest absolute Gasteiger partial charge is 0.426 e. The molecule has 0 N–H and O–H groups in total. The van der Waals surface area contributed by atoms with E-state index in [1.807, 2.05) is 44.2 Å². The molecular weight excluding hydrogens is 305 g/mol. The quantitative estimate of drug-likeness (QED) is 0.672. The van der Waals surface area contributed by atoms with Crippen molar-refractivity contribution in [2.75, 3.05) is 19.8 Å². The number of allylic oxidation sites excluding steroid dienone is 1. The standard InChI is InChI=1S/C15H18ClF3O2/c1-14(2,11-21-12-6-4-3-5-7-12)10-20-9-8-13(16)15(17,18)19/h3-8H,9-11H2,1-2H3. The Labute approximate surface area is 127 Å². The van der Waals surface area contributed by atoms with E-state index >= 15 is 0 Å². The van der Waals surface area contributed by atoms with Gasteiger partial charge in [0.25, 0.3) is 0 Å². The van der Waals surface area contributed by atoms with Gasteiger partial charge in [0.15, 0.2) is 0 Å². The number of rotatable bonds is 7. The molecule has 0 aliphatic carbocycles. The van der Waals surface area contributed by atoms with E-state index in [1.54, 1.807) is 0 Å². The van der Waals surface area contributed by atoms with Gasteiger partial charge < -0.3 is 9.47 Å². The minimum atomic E-state index is -4.52. The average molecular weight is 323 g/mol. The maximum Gasteiger partial charge on any atom is 0.426 e. The van der Waals surface area contributed by atoms with Crippen LogP contribution >= 0.6 is 11.6 Å². The van der Waals surface area contributed by atoms with Crippen LogP contribution in [0.1, 0.15) is 13.8 Å². The molecule has 0 amide bonds. The highest BCUT2D eigenvalue weighted by molar-refractivity contribution is 6.30. The Balaban J connectivity index is 2.33. The molecule has 6 heteroatoms. The summed E-state index contributed by atoms with van der Waals surface area (Å²) in [6.07, 6.45) is -3.70. The van der Waals surface area contributed by atoms with Crippen LogP contribution in [0.3, 0.4) is 0 Å². The van der Waals surface area contributed by atoms with Crippen molar-refractivity contribution in [1.29, 1.82) is 0 Å². The Bertz CT molecular complexity index is 456. The molecule has 1 aromatic rings. The van der Waals surface area contributed by atoms with Gasteiger partial charge in [0.2, 0.25) is 0 Å². The average Bonchev–Trinajstić information content (AvgIpc) is 2.41. The lowest BCUT2D eigenvalue weighted by atomic mass is 9.96. The summed E-state index contributed by atoms with van der Waals surface area (Å²) in [7, 11) is 0. The molecule has 0 fully saturated rings. The monoisotopic (exact) mass is 322 g/mol. The molecule has 1 aromatic carbocycles. The Morgan fingerprint density at radius 3 is 2.33 bits per heavy atom. The molecule has 0 spiro atoms. The van der Waals surface area contributed by atoms with Gasteiger partial charge in [0.05, 0.1) is 19.8 Å². The van der Waals surface area contributed by atoms with Crippen LogP contribution in [0.4, 0.5) is 13.2 Å². The molecule has 21 heavy (non-hydrogen) atoms. The second kappa shape index (κ2) is 7.71. The van der Waals surface area contributed by atoms with Gasteiger partial charge in [0.1, 0.15) is 10.8 Å². The highest BCUT2D eigenvalue weighted by Crippen LogP contribution is 2.28. The minimum Gasteiger partial charge on any atom is -0.493 e. The molecule has 2 nitrogen and oxygen atoms in total. The van der Waals surface area contributed by atoms with Crippen LogP contribution in [0, 0.1) is 5.41 Å². The normalized spacial score (nSPS) is 13.3. The molecule has 0 aromatic heterocycles. The Kier molecular flexibility index (Phi) is 6.55. The summed E-state index contributed by atoms with van der Waals surface area (Å²) in [6.45, 7) is 4.29. The van der Waals surface area contributed by atoms with Crippen LogP contribution < -0.4 is 4.74 Å². The summed E-state index contributed by atoms with van der Waals surface area (Å²) in [5, 5.41) is -1.17. The molecule has 0 radical (unpaired) electrons. The lowest BCUT2D eigenvalue weighted by Gasteiger charge is -2.24. The summed E-state index contributed by atoms with van der Waals surface area (Å²) in [5.41, 5.74) is -0.325. The van der Waals surface area contributed by atoms with Gasteiger partial charge in [-0.3, -0.25) is 0 Å². The molecule has 0 aliphatic heterocycles. The van der Waals surface area contributed by atoms with E-state index < -0.39 is 11.2 Å². The molecule has 0 heterocycles. The first-order chi connectivity index (χ1) is 9.71. The first-order valence-electron chi connectivity index (χ1n) is 6.39. The van der Waals surface area contributed by atoms with E-state index in [9.17, 15) is 13.2 Å². The van der Waals surface area contributed by atoms with Gasteiger partial charge in [-0.25, -0.2) is 0 Å². The summed E-state index contributed by atoms with van der Waals surface area (Å²) in [5.74, 6) is 0.741. The molecule has 0 atom stereocenters. The number of ether oxygens (including phenoxy) is 2. The zero-order valence-electron chi connectivity index (χ0n) is 11.9. The zero-order valence-corrected chi connectivity index (χ0v) is 12.7. The van der Waals surface area contributed by atoms with E-state index in [0.717, 1.165) is 11.8 Å². The summed E-state index contributed by atoms with van der Waals surface area (Å²) >= 11 is 5.08. The van der Waals surface area contributed by atoms with E-state index in [0.29, 0.717) is 6.61 Å². The van der Waals surface area contributed by atoms with Crippen molar-refractivity contribution in [1.82, 2.24) is 0 Å². The van der Waals surface area contributed by atoms with Crippen LogP contribution in [0.25, 0.3) is 0 Å². The van der Waals surface area contributed by atoms with Gasteiger partial charge in [-0.1, -0.05) is 43.6 Å². The highest BCUT2D eigenvalue weighted by Gasteiger charge is 2.32. The van der Waals surface area contributed by atoms with Crippen molar-refractivity contribution in [2.24, 2.45) is 5.41 Å². The van der Waals surface area contributed by atoms with E-state index in [1.165, 1.54) is 0 Å². The summed E-state index contributed by atoms with van der Waals surface area (Å²) in [4.78, 5) is 0. The van der Waals surface area contributed by atoms with Gasteiger partial charge in [-0.2, -0.15) is 13.2 Å². The molecule has 1 rings (SSSR count). The van der Waals surface area contributed by atoms with Crippen molar-refractivity contribution >= 4 is 11.6 Å². The summed E-state index contributed by atoms with van der Waals surface area (Å²) < 4.78 is 47.2. The van der Waals surface area contributed by atoms with Crippen molar-refractivity contribution in [3.8, 4) is 5.75 Å². The second-order valence-electron chi connectivity index (χ2n) is 5.33. The molecule has 0 unspecified atom stereocenters. The van der Waals surface area contributed by atoms with Gasteiger partial charge >= 0.3 is 6.18 Å². The molecule has 0 saturated carbocycles. The predicted octanol–water partition coefficient (Wildman–Crippen LogP) is 4.79. The van der Waals surface area contributed by atoms with E-state index in [4.69, 9.17) is 21.1 Å². The van der Waals surface area contributed by atoms with Crippen LogP contribution in [0.15, 0.2) is 41.4 Å². The number of hydrogen-bond acceptors (Lipinski definition) is 2. The van der Waals surface area contributed by atoms with Crippen LogP contribution in [-0.2, 0) is 4.74 Å². The first kappa shape index (κ1) is 17.9. The van der Waals surface area contributed by atoms with Crippen molar-refractivity contribution in [3.63, 3.8) is 0 Å². The lowest BCUT2D eigenvalue weighted by molar-refractivity contribution is -0.0852. The number of para-hydroxylation sites is 1. The largest absolute Gasteiger partial charge is 0.493 e. The Morgan fingerprint density at radius 2 is 1.76 bits per heavy atom. The first-order valence-corrected chi connectivity index (χ1v) is 6.77. The van der Waals surface area contributed by atoms with E-state index in [2.05, 4.69) is 0 Å². The Hall–Kier alpha value is -1.20. The number of halogens is 4. The van der Waals surface area contributed by atoms with Crippen molar-refractivity contribution < 1.29 is 22.6 Å². The summed E-state index contributed by atoms with van der Waals surface area (Å²) in [6, 6.07) is 9.29. The number of benzene rings is 1. The fourth-order valence-electron chi connectivity index (χ4n) is 1.42. The van der Waals surface area contributed by atoms with Gasteiger partial charge in [0, 0.05) is 5.41 Å². The fourth-order valence-corrected chi connectivity index (χ4v) is 1.48. The SMILES string of the molecule is CC(C)(COCC=C(Cl)C(F)(F)F)COc1ccccc1. The van der Waals surface area contributed by atoms with Crippen molar-refractivity contribution in [3.05, 3.63) is 41.4 Å². The molecule has 0 saturated heterocycles. The third-order valence-electron chi connectivity index (χ3n) is 2.52. The fraction of sp³-hybridized carbons (Fsp3) is 0.467. The zero-order chi connectivity index (χ0) is 15.9. The van der Waals surface area contributed by atoms with Crippen LogP contribution in [0.2, 0.25) is 0 Å². The third-order valence-corrected chi connectivity index (χ3v) is 2.89. The lowest BCUT2D eigenvalue weighted by Crippen LogP contribution is -2.27. The van der Waals surface area contributed by atoms with Gasteiger partial charge in [-0.15, -0.1) is 0 Å². The van der Waals surface area contributed by atoms with E-state index in [-0.39, 0.29) is 18.6 Å². The molecular formula is C15H18ClF3O2. The number of alkyl halides is 3. The van der Waals surface area contributed by atoms with Crippen molar-refractivity contribution in [2.45, 2.75) is 20.0 Å². The predicted molar refractivity (Wildman–Crippen MR) is 76.5 cm³/mol. The number of hydrogen-bond donors (Lipinski definition) is 0. The van der Waals surface area contributed by atoms with Gasteiger partial charge in [-0.05, 0) is 18.2 Å². The van der Waals surface area contributed by atoms with Crippen LogP contribution in [-0.4, -0.2) is 26.0 Å². The molecule has 118 valence electrons. The maximum atomic E-state index is 12.1. The third kappa shape index (κ3) is 7.39. The molecule has 0 bridgehead atoms. The van der Waals surface area contributed by atoms with Crippen LogP contribution in [0.5, 0.6) is 5.75 Å². The Morgan fingerprint density at radius 1 is 1.14 bits per heavy atom.